The Labute approximate surface area is 90.6 Å². The van der Waals surface area contributed by atoms with Crippen LogP contribution in [-0.4, -0.2) is 5.16 Å². The first kappa shape index (κ1) is 9.98. The average molecular weight is 227 g/mol. The standard InChI is InChI=1S/C10H8ClFN2O/c1-5-2-3-6(4-7(5)12)9-8(11)10(13)14-15-9/h2-4H,1H3,(H2,13,14). The smallest absolute Gasteiger partial charge is 0.187 e. The van der Waals surface area contributed by atoms with E-state index in [9.17, 15) is 4.39 Å². The number of aryl methyl sites for hydroxylation is 1. The maximum Gasteiger partial charge on any atom is 0.187 e. The number of nitrogens with zero attached hydrogens (tertiary/aromatic N) is 1. The van der Waals surface area contributed by atoms with Gasteiger partial charge in [0.15, 0.2) is 11.6 Å². The summed E-state index contributed by atoms with van der Waals surface area (Å²) >= 11 is 5.83. The summed E-state index contributed by atoms with van der Waals surface area (Å²) in [7, 11) is 0. The first-order valence-electron chi connectivity index (χ1n) is 4.26. The van der Waals surface area contributed by atoms with Crippen LogP contribution in [0.15, 0.2) is 22.7 Å². The molecule has 0 amide bonds. The van der Waals surface area contributed by atoms with E-state index in [1.54, 1.807) is 19.1 Å². The highest BCUT2D eigenvalue weighted by Crippen LogP contribution is 2.32. The average Bonchev–Trinajstić information content (AvgIpc) is 2.53. The monoisotopic (exact) mass is 226 g/mol. The second kappa shape index (κ2) is 3.55. The van der Waals surface area contributed by atoms with Crippen LogP contribution in [0.4, 0.5) is 10.2 Å². The van der Waals surface area contributed by atoms with Crippen LogP contribution in [0.2, 0.25) is 5.02 Å². The van der Waals surface area contributed by atoms with Crippen molar-refractivity contribution in [3.8, 4) is 11.3 Å². The molecule has 2 aromatic rings. The van der Waals surface area contributed by atoms with Gasteiger partial charge in [0.05, 0.1) is 0 Å². The number of anilines is 1. The topological polar surface area (TPSA) is 52.0 Å². The lowest BCUT2D eigenvalue weighted by molar-refractivity contribution is 0.435. The van der Waals surface area contributed by atoms with E-state index < -0.39 is 0 Å². The van der Waals surface area contributed by atoms with E-state index in [-0.39, 0.29) is 22.4 Å². The Hall–Kier alpha value is -1.55. The molecule has 1 aromatic heterocycles. The lowest BCUT2D eigenvalue weighted by Crippen LogP contribution is -1.85. The molecule has 0 aliphatic rings. The van der Waals surface area contributed by atoms with Gasteiger partial charge < -0.3 is 10.3 Å². The van der Waals surface area contributed by atoms with Gasteiger partial charge in [-0.2, -0.15) is 0 Å². The molecule has 5 heteroatoms. The van der Waals surface area contributed by atoms with Gasteiger partial charge in [0, 0.05) is 5.56 Å². The number of aromatic nitrogens is 1. The zero-order valence-electron chi connectivity index (χ0n) is 7.92. The summed E-state index contributed by atoms with van der Waals surface area (Å²) < 4.78 is 18.2. The molecule has 0 spiro atoms. The zero-order valence-corrected chi connectivity index (χ0v) is 8.68. The van der Waals surface area contributed by atoms with Gasteiger partial charge in [0.25, 0.3) is 0 Å². The van der Waals surface area contributed by atoms with Crippen molar-refractivity contribution < 1.29 is 8.91 Å². The number of rotatable bonds is 1. The van der Waals surface area contributed by atoms with Crippen LogP contribution in [0, 0.1) is 12.7 Å². The maximum absolute atomic E-state index is 13.3. The summed E-state index contributed by atoms with van der Waals surface area (Å²) in [6, 6.07) is 4.67. The van der Waals surface area contributed by atoms with E-state index in [0.29, 0.717) is 11.1 Å². The molecule has 0 atom stereocenters. The first-order valence-corrected chi connectivity index (χ1v) is 4.64. The van der Waals surface area contributed by atoms with Crippen molar-refractivity contribution in [2.24, 2.45) is 0 Å². The molecule has 0 bridgehead atoms. The fourth-order valence-electron chi connectivity index (χ4n) is 1.20. The fraction of sp³-hybridized carbons (Fsp3) is 0.100. The minimum absolute atomic E-state index is 0.104. The number of hydrogen-bond donors (Lipinski definition) is 1. The fourth-order valence-corrected chi connectivity index (χ4v) is 1.38. The molecule has 1 heterocycles. The molecule has 2 N–H and O–H groups in total. The van der Waals surface area contributed by atoms with Gasteiger partial charge in [-0.3, -0.25) is 0 Å². The summed E-state index contributed by atoms with van der Waals surface area (Å²) in [5.74, 6) is 0.0688. The molecule has 2 rings (SSSR count). The molecule has 0 unspecified atom stereocenters. The van der Waals surface area contributed by atoms with Crippen molar-refractivity contribution in [2.75, 3.05) is 5.73 Å². The molecule has 3 nitrogen and oxygen atoms in total. The predicted octanol–water partition coefficient (Wildman–Crippen LogP) is 3.02. The van der Waals surface area contributed by atoms with E-state index >= 15 is 0 Å². The molecule has 0 saturated heterocycles. The SMILES string of the molecule is Cc1ccc(-c2onc(N)c2Cl)cc1F. The normalized spacial score (nSPS) is 10.6. The molecule has 0 saturated carbocycles. The quantitative estimate of drug-likeness (QED) is 0.813. The minimum Gasteiger partial charge on any atom is -0.380 e. The Balaban J connectivity index is 2.55. The van der Waals surface area contributed by atoms with Gasteiger partial charge in [0.1, 0.15) is 10.8 Å². The van der Waals surface area contributed by atoms with Crippen LogP contribution in [0.5, 0.6) is 0 Å². The van der Waals surface area contributed by atoms with E-state index in [2.05, 4.69) is 5.16 Å². The van der Waals surface area contributed by atoms with Crippen molar-refractivity contribution in [1.29, 1.82) is 0 Å². The molecular weight excluding hydrogens is 219 g/mol. The van der Waals surface area contributed by atoms with Gasteiger partial charge in [-0.1, -0.05) is 28.9 Å². The maximum atomic E-state index is 13.3. The highest BCUT2D eigenvalue weighted by Gasteiger charge is 2.14. The Bertz CT molecular complexity index is 510. The largest absolute Gasteiger partial charge is 0.380 e. The molecule has 15 heavy (non-hydrogen) atoms. The van der Waals surface area contributed by atoms with E-state index in [4.69, 9.17) is 21.9 Å². The van der Waals surface area contributed by atoms with Crippen LogP contribution in [0.1, 0.15) is 5.56 Å². The summed E-state index contributed by atoms with van der Waals surface area (Å²) in [5.41, 5.74) is 6.49. The van der Waals surface area contributed by atoms with Crippen molar-refractivity contribution in [3.05, 3.63) is 34.6 Å². The van der Waals surface area contributed by atoms with Crippen molar-refractivity contribution in [2.45, 2.75) is 6.92 Å². The predicted molar refractivity (Wildman–Crippen MR) is 56.1 cm³/mol. The van der Waals surface area contributed by atoms with Gasteiger partial charge in [0.2, 0.25) is 0 Å². The molecule has 1 aromatic carbocycles. The second-order valence-electron chi connectivity index (χ2n) is 3.17. The summed E-state index contributed by atoms with van der Waals surface area (Å²) in [5, 5.41) is 3.70. The first-order chi connectivity index (χ1) is 7.09. The number of benzene rings is 1. The summed E-state index contributed by atoms with van der Waals surface area (Å²) in [4.78, 5) is 0. The Morgan fingerprint density at radius 2 is 2.20 bits per heavy atom. The highest BCUT2D eigenvalue weighted by molar-refractivity contribution is 6.35. The molecular formula is C10H8ClFN2O. The number of hydrogen-bond acceptors (Lipinski definition) is 3. The number of halogens is 2. The Morgan fingerprint density at radius 1 is 1.47 bits per heavy atom. The third kappa shape index (κ3) is 1.68. The third-order valence-corrected chi connectivity index (χ3v) is 2.46. The van der Waals surface area contributed by atoms with E-state index in [1.165, 1.54) is 6.07 Å². The molecule has 0 radical (unpaired) electrons. The number of nitrogens with two attached hydrogens (primary N) is 1. The minimum atomic E-state index is -0.321. The third-order valence-electron chi connectivity index (χ3n) is 2.09. The van der Waals surface area contributed by atoms with Crippen molar-refractivity contribution in [1.82, 2.24) is 5.16 Å². The van der Waals surface area contributed by atoms with Crippen LogP contribution in [0.3, 0.4) is 0 Å². The Morgan fingerprint density at radius 3 is 2.73 bits per heavy atom. The summed E-state index contributed by atoms with van der Waals surface area (Å²) in [6.07, 6.45) is 0. The zero-order chi connectivity index (χ0) is 11.0. The van der Waals surface area contributed by atoms with E-state index in [0.717, 1.165) is 0 Å². The van der Waals surface area contributed by atoms with E-state index in [1.807, 2.05) is 0 Å². The number of nitrogen functional groups attached to an aromatic ring is 1. The van der Waals surface area contributed by atoms with Crippen LogP contribution >= 0.6 is 11.6 Å². The van der Waals surface area contributed by atoms with Gasteiger partial charge in [-0.05, 0) is 18.6 Å². The van der Waals surface area contributed by atoms with Crippen LogP contribution in [0.25, 0.3) is 11.3 Å². The van der Waals surface area contributed by atoms with Crippen molar-refractivity contribution >= 4 is 17.4 Å². The molecule has 78 valence electrons. The Kier molecular flexibility index (Phi) is 2.36. The molecule has 0 aliphatic carbocycles. The van der Waals surface area contributed by atoms with Gasteiger partial charge >= 0.3 is 0 Å². The molecule has 0 fully saturated rings. The molecule has 0 aliphatic heterocycles. The van der Waals surface area contributed by atoms with Gasteiger partial charge in [-0.15, -0.1) is 0 Å². The lowest BCUT2D eigenvalue weighted by atomic mass is 10.1. The lowest BCUT2D eigenvalue weighted by Gasteiger charge is -1.99. The van der Waals surface area contributed by atoms with Crippen LogP contribution < -0.4 is 5.73 Å². The summed E-state index contributed by atoms with van der Waals surface area (Å²) in [6.45, 7) is 1.68. The van der Waals surface area contributed by atoms with Gasteiger partial charge in [-0.25, -0.2) is 4.39 Å². The van der Waals surface area contributed by atoms with Crippen molar-refractivity contribution in [3.63, 3.8) is 0 Å². The van der Waals surface area contributed by atoms with Crippen LogP contribution in [-0.2, 0) is 0 Å². The highest BCUT2D eigenvalue weighted by atomic mass is 35.5. The second-order valence-corrected chi connectivity index (χ2v) is 3.55.